The topological polar surface area (TPSA) is 104 Å². The summed E-state index contributed by atoms with van der Waals surface area (Å²) in [6.45, 7) is 0.313. The third-order valence-corrected chi connectivity index (χ3v) is 5.85. The lowest BCUT2D eigenvalue weighted by atomic mass is 9.84. The van der Waals surface area contributed by atoms with Crippen LogP contribution in [0.5, 0.6) is 0 Å². The van der Waals surface area contributed by atoms with E-state index in [1.165, 1.54) is 0 Å². The molecule has 1 saturated heterocycles. The van der Waals surface area contributed by atoms with Crippen LogP contribution in [0, 0.1) is 5.41 Å². The fourth-order valence-electron chi connectivity index (χ4n) is 2.78. The van der Waals surface area contributed by atoms with Gasteiger partial charge in [-0.25, -0.2) is 8.42 Å². The Hall–Kier alpha value is -1.80. The van der Waals surface area contributed by atoms with Crippen LogP contribution in [0.2, 0.25) is 0 Å². The minimum atomic E-state index is -3.00. The second kappa shape index (κ2) is 5.19. The van der Waals surface area contributed by atoms with E-state index in [9.17, 15) is 8.42 Å². The van der Waals surface area contributed by atoms with Gasteiger partial charge in [0.2, 0.25) is 0 Å². The predicted molar refractivity (Wildman–Crippen MR) is 77.6 cm³/mol. The molecule has 1 unspecified atom stereocenters. The largest absolute Gasteiger partial charge is 0.330 e. The van der Waals surface area contributed by atoms with Gasteiger partial charge in [0.15, 0.2) is 15.7 Å². The van der Waals surface area contributed by atoms with Crippen molar-refractivity contribution in [2.45, 2.75) is 12.8 Å². The Morgan fingerprint density at radius 1 is 1.29 bits per heavy atom. The molecule has 8 heteroatoms. The number of aromatic nitrogens is 4. The summed E-state index contributed by atoms with van der Waals surface area (Å²) in [7, 11) is -3.00. The Labute approximate surface area is 123 Å². The molecule has 0 saturated carbocycles. The van der Waals surface area contributed by atoms with Crippen molar-refractivity contribution in [1.29, 1.82) is 0 Å². The molecule has 0 bridgehead atoms. The van der Waals surface area contributed by atoms with Gasteiger partial charge in [-0.1, -0.05) is 18.2 Å². The molecule has 1 aromatic heterocycles. The molecule has 0 aliphatic carbocycles. The Balaban J connectivity index is 1.91. The Kier molecular flexibility index (Phi) is 3.50. The quantitative estimate of drug-likeness (QED) is 0.850. The average molecular weight is 307 g/mol. The van der Waals surface area contributed by atoms with E-state index in [4.69, 9.17) is 5.73 Å². The fraction of sp³-hybridized carbons (Fsp3) is 0.462. The molecule has 0 spiro atoms. The summed E-state index contributed by atoms with van der Waals surface area (Å²) >= 11 is 0. The van der Waals surface area contributed by atoms with E-state index in [0.717, 1.165) is 5.69 Å². The minimum absolute atomic E-state index is 0.109. The maximum Gasteiger partial charge on any atom is 0.157 e. The lowest BCUT2D eigenvalue weighted by Crippen LogP contribution is -2.35. The third kappa shape index (κ3) is 2.81. The van der Waals surface area contributed by atoms with E-state index >= 15 is 0 Å². The fourth-order valence-corrected chi connectivity index (χ4v) is 4.96. The van der Waals surface area contributed by atoms with Crippen LogP contribution in [0.25, 0.3) is 5.69 Å². The Morgan fingerprint density at radius 3 is 2.67 bits per heavy atom. The van der Waals surface area contributed by atoms with Crippen LogP contribution >= 0.6 is 0 Å². The molecule has 1 aliphatic heterocycles. The smallest absolute Gasteiger partial charge is 0.157 e. The summed E-state index contributed by atoms with van der Waals surface area (Å²) in [6, 6.07) is 9.53. The number of nitrogens with two attached hydrogens (primary N) is 1. The van der Waals surface area contributed by atoms with Crippen LogP contribution in [0.3, 0.4) is 0 Å². The third-order valence-electron chi connectivity index (χ3n) is 3.97. The van der Waals surface area contributed by atoms with Crippen LogP contribution in [-0.4, -0.2) is 46.7 Å². The van der Waals surface area contributed by atoms with Crippen molar-refractivity contribution in [2.24, 2.45) is 11.1 Å². The van der Waals surface area contributed by atoms with Crippen molar-refractivity contribution < 1.29 is 8.42 Å². The van der Waals surface area contributed by atoms with Crippen molar-refractivity contribution in [3.63, 3.8) is 0 Å². The van der Waals surface area contributed by atoms with Crippen LogP contribution in [0.4, 0.5) is 0 Å². The first-order valence-electron chi connectivity index (χ1n) is 6.77. The van der Waals surface area contributed by atoms with Gasteiger partial charge < -0.3 is 5.73 Å². The zero-order valence-electron chi connectivity index (χ0n) is 11.5. The van der Waals surface area contributed by atoms with Crippen molar-refractivity contribution in [1.82, 2.24) is 20.2 Å². The highest BCUT2D eigenvalue weighted by Crippen LogP contribution is 2.34. The van der Waals surface area contributed by atoms with Crippen molar-refractivity contribution >= 4 is 9.84 Å². The van der Waals surface area contributed by atoms with Crippen molar-refractivity contribution in [3.8, 4) is 5.69 Å². The molecule has 2 aromatic rings. The summed E-state index contributed by atoms with van der Waals surface area (Å²) < 4.78 is 25.2. The molecule has 2 N–H and O–H groups in total. The van der Waals surface area contributed by atoms with Gasteiger partial charge in [0.05, 0.1) is 17.2 Å². The minimum Gasteiger partial charge on any atom is -0.330 e. The van der Waals surface area contributed by atoms with E-state index in [1.54, 1.807) is 4.68 Å². The Bertz CT molecular complexity index is 728. The zero-order chi connectivity index (χ0) is 14.9. The number of hydrogen-bond donors (Lipinski definition) is 1. The zero-order valence-corrected chi connectivity index (χ0v) is 12.3. The van der Waals surface area contributed by atoms with Crippen molar-refractivity contribution in [2.75, 3.05) is 18.1 Å². The van der Waals surface area contributed by atoms with Gasteiger partial charge in [0.25, 0.3) is 0 Å². The van der Waals surface area contributed by atoms with Crippen LogP contribution in [-0.2, 0) is 16.3 Å². The molecule has 3 rings (SSSR count). The van der Waals surface area contributed by atoms with Gasteiger partial charge in [-0.3, -0.25) is 0 Å². The first kappa shape index (κ1) is 14.2. The number of benzene rings is 1. The number of tetrazole rings is 1. The molecule has 7 nitrogen and oxygen atoms in total. The normalized spacial score (nSPS) is 24.2. The molecule has 1 atom stereocenters. The molecule has 2 heterocycles. The number of rotatable bonds is 4. The van der Waals surface area contributed by atoms with Crippen LogP contribution < -0.4 is 5.73 Å². The van der Waals surface area contributed by atoms with Crippen LogP contribution in [0.1, 0.15) is 12.2 Å². The molecule has 0 radical (unpaired) electrons. The van der Waals surface area contributed by atoms with Gasteiger partial charge in [-0.05, 0) is 35.5 Å². The monoisotopic (exact) mass is 307 g/mol. The summed E-state index contributed by atoms with van der Waals surface area (Å²) in [4.78, 5) is 0. The molecule has 1 aliphatic rings. The maximum atomic E-state index is 11.8. The lowest BCUT2D eigenvalue weighted by Gasteiger charge is -2.24. The number of nitrogens with zero attached hydrogens (tertiary/aromatic N) is 4. The standard InChI is InChI=1S/C13H17N5O2S/c14-9-13(6-7-21(19,20)10-13)8-12-15-16-17-18(12)11-4-2-1-3-5-11/h1-5H,6-10,14H2. The van der Waals surface area contributed by atoms with Gasteiger partial charge in [-0.15, -0.1) is 5.10 Å². The van der Waals surface area contributed by atoms with Gasteiger partial charge in [-0.2, -0.15) is 4.68 Å². The first-order valence-corrected chi connectivity index (χ1v) is 8.59. The van der Waals surface area contributed by atoms with E-state index in [-0.39, 0.29) is 11.5 Å². The lowest BCUT2D eigenvalue weighted by molar-refractivity contribution is 0.334. The van der Waals surface area contributed by atoms with Gasteiger partial charge in [0, 0.05) is 11.8 Å². The van der Waals surface area contributed by atoms with Crippen LogP contribution in [0.15, 0.2) is 30.3 Å². The number of para-hydroxylation sites is 1. The highest BCUT2D eigenvalue weighted by molar-refractivity contribution is 7.91. The highest BCUT2D eigenvalue weighted by Gasteiger charge is 2.42. The van der Waals surface area contributed by atoms with E-state index < -0.39 is 15.3 Å². The molecule has 1 fully saturated rings. The molecular weight excluding hydrogens is 290 g/mol. The second-order valence-electron chi connectivity index (χ2n) is 5.57. The first-order chi connectivity index (χ1) is 10.0. The van der Waals surface area contributed by atoms with Gasteiger partial charge in [0.1, 0.15) is 0 Å². The summed E-state index contributed by atoms with van der Waals surface area (Å²) in [5.41, 5.74) is 6.25. The number of hydrogen-bond acceptors (Lipinski definition) is 6. The number of sulfone groups is 1. The molecular formula is C13H17N5O2S. The predicted octanol–water partition coefficient (Wildman–Crippen LogP) is -0.0316. The molecule has 1 aromatic carbocycles. The SMILES string of the molecule is NCC1(Cc2nnnn2-c2ccccc2)CCS(=O)(=O)C1. The van der Waals surface area contributed by atoms with E-state index in [2.05, 4.69) is 15.5 Å². The molecule has 112 valence electrons. The van der Waals surface area contributed by atoms with Gasteiger partial charge >= 0.3 is 0 Å². The molecule has 21 heavy (non-hydrogen) atoms. The van der Waals surface area contributed by atoms with E-state index in [1.807, 2.05) is 30.3 Å². The van der Waals surface area contributed by atoms with Crippen molar-refractivity contribution in [3.05, 3.63) is 36.2 Å². The summed E-state index contributed by atoms with van der Waals surface area (Å²) in [6.07, 6.45) is 1.03. The highest BCUT2D eigenvalue weighted by atomic mass is 32.2. The summed E-state index contributed by atoms with van der Waals surface area (Å²) in [5.74, 6) is 0.943. The second-order valence-corrected chi connectivity index (χ2v) is 7.75. The van der Waals surface area contributed by atoms with E-state index in [0.29, 0.717) is 25.2 Å². The summed E-state index contributed by atoms with van der Waals surface area (Å²) in [5, 5.41) is 11.8. The molecule has 0 amide bonds. The average Bonchev–Trinajstić information content (AvgIpc) is 3.05. The maximum absolute atomic E-state index is 11.8. The Morgan fingerprint density at radius 2 is 2.05 bits per heavy atom.